The summed E-state index contributed by atoms with van der Waals surface area (Å²) in [5.74, 6) is -0.212. The fourth-order valence-corrected chi connectivity index (χ4v) is 3.52. The van der Waals surface area contributed by atoms with E-state index in [1.807, 2.05) is 6.07 Å². The van der Waals surface area contributed by atoms with Crippen molar-refractivity contribution in [1.82, 2.24) is 15.1 Å². The van der Waals surface area contributed by atoms with Crippen LogP contribution < -0.4 is 5.32 Å². The summed E-state index contributed by atoms with van der Waals surface area (Å²) in [6.45, 7) is 2.14. The van der Waals surface area contributed by atoms with Crippen molar-refractivity contribution >= 4 is 6.03 Å². The van der Waals surface area contributed by atoms with Crippen molar-refractivity contribution in [3.8, 4) is 0 Å². The summed E-state index contributed by atoms with van der Waals surface area (Å²) < 4.78 is 19.3. The van der Waals surface area contributed by atoms with Crippen molar-refractivity contribution in [1.29, 1.82) is 0 Å². The van der Waals surface area contributed by atoms with Gasteiger partial charge in [0.1, 0.15) is 5.82 Å². The standard InChI is InChI=1S/C17H24FN3O2/c1-20(2)17(22)19-14-11-21(15-7-4-8-23-16(14)15)10-12-5-3-6-13(18)9-12/h3,5-6,9,14-16H,4,7-8,10-11H2,1-2H3,(H,19,22)/t14-,15+,16+/m1/s1. The highest BCUT2D eigenvalue weighted by atomic mass is 19.1. The number of halogens is 1. The molecular weight excluding hydrogens is 297 g/mol. The van der Waals surface area contributed by atoms with Gasteiger partial charge in [0.15, 0.2) is 0 Å². The van der Waals surface area contributed by atoms with Gasteiger partial charge in [0.05, 0.1) is 12.1 Å². The molecule has 2 fully saturated rings. The molecule has 2 saturated heterocycles. The molecule has 0 radical (unpaired) electrons. The number of benzene rings is 1. The highest BCUT2D eigenvalue weighted by Crippen LogP contribution is 2.30. The molecule has 5 nitrogen and oxygen atoms in total. The first-order valence-electron chi connectivity index (χ1n) is 8.12. The molecule has 126 valence electrons. The zero-order valence-corrected chi connectivity index (χ0v) is 13.7. The molecule has 2 heterocycles. The number of carbonyl (C=O) groups excluding carboxylic acids is 1. The number of urea groups is 1. The second-order valence-electron chi connectivity index (χ2n) is 6.55. The molecule has 3 atom stereocenters. The molecule has 2 aliphatic heterocycles. The normalized spacial score (nSPS) is 27.5. The van der Waals surface area contributed by atoms with Crippen LogP contribution in [0, 0.1) is 5.82 Å². The van der Waals surface area contributed by atoms with Gasteiger partial charge in [0.25, 0.3) is 0 Å². The molecule has 2 amide bonds. The summed E-state index contributed by atoms with van der Waals surface area (Å²) in [5, 5.41) is 3.05. The summed E-state index contributed by atoms with van der Waals surface area (Å²) in [6, 6.07) is 6.86. The molecule has 0 aliphatic carbocycles. The third-order valence-electron chi connectivity index (χ3n) is 4.62. The Morgan fingerprint density at radius 2 is 2.30 bits per heavy atom. The van der Waals surface area contributed by atoms with E-state index in [0.29, 0.717) is 6.54 Å². The fourth-order valence-electron chi connectivity index (χ4n) is 3.52. The second kappa shape index (κ2) is 6.84. The average Bonchev–Trinajstić information content (AvgIpc) is 2.85. The summed E-state index contributed by atoms with van der Waals surface area (Å²) in [4.78, 5) is 15.8. The molecule has 1 aromatic carbocycles. The van der Waals surface area contributed by atoms with Gasteiger partial charge in [-0.1, -0.05) is 12.1 Å². The number of amides is 2. The number of ether oxygens (including phenoxy) is 1. The summed E-state index contributed by atoms with van der Waals surface area (Å²) in [7, 11) is 3.46. The molecule has 0 aromatic heterocycles. The topological polar surface area (TPSA) is 44.8 Å². The number of rotatable bonds is 3. The lowest BCUT2D eigenvalue weighted by molar-refractivity contribution is -0.0207. The minimum atomic E-state index is -0.212. The predicted molar refractivity (Wildman–Crippen MR) is 85.6 cm³/mol. The molecular formula is C17H24FN3O2. The van der Waals surface area contributed by atoms with E-state index < -0.39 is 0 Å². The van der Waals surface area contributed by atoms with E-state index >= 15 is 0 Å². The van der Waals surface area contributed by atoms with E-state index in [2.05, 4.69) is 10.2 Å². The van der Waals surface area contributed by atoms with Crippen molar-refractivity contribution in [2.24, 2.45) is 0 Å². The number of nitrogens with one attached hydrogen (secondary N) is 1. The van der Waals surface area contributed by atoms with Gasteiger partial charge in [-0.25, -0.2) is 9.18 Å². The number of carbonyl (C=O) groups is 1. The van der Waals surface area contributed by atoms with Crippen molar-refractivity contribution in [2.45, 2.75) is 37.6 Å². The van der Waals surface area contributed by atoms with Crippen LogP contribution in [0.5, 0.6) is 0 Å². The van der Waals surface area contributed by atoms with Gasteiger partial charge in [-0.15, -0.1) is 0 Å². The highest BCUT2D eigenvalue weighted by Gasteiger charge is 2.44. The quantitative estimate of drug-likeness (QED) is 0.924. The Kier molecular flexibility index (Phi) is 4.82. The van der Waals surface area contributed by atoms with Crippen molar-refractivity contribution < 1.29 is 13.9 Å². The molecule has 2 aliphatic rings. The number of nitrogens with zero attached hydrogens (tertiary/aromatic N) is 2. The number of likely N-dealkylation sites (tertiary alicyclic amines) is 1. The maximum atomic E-state index is 13.4. The van der Waals surface area contributed by atoms with Gasteiger partial charge in [0, 0.05) is 39.8 Å². The first kappa shape index (κ1) is 16.2. The molecule has 0 saturated carbocycles. The zero-order valence-electron chi connectivity index (χ0n) is 13.7. The smallest absolute Gasteiger partial charge is 0.317 e. The van der Waals surface area contributed by atoms with Crippen LogP contribution in [0.4, 0.5) is 9.18 Å². The summed E-state index contributed by atoms with van der Waals surface area (Å²) in [5.41, 5.74) is 0.953. The first-order valence-corrected chi connectivity index (χ1v) is 8.12. The van der Waals surface area contributed by atoms with Gasteiger partial charge in [-0.3, -0.25) is 4.90 Å². The van der Waals surface area contributed by atoms with Crippen LogP contribution in [0.15, 0.2) is 24.3 Å². The van der Waals surface area contributed by atoms with Crippen LogP contribution >= 0.6 is 0 Å². The Labute approximate surface area is 136 Å². The number of hydrogen-bond donors (Lipinski definition) is 1. The summed E-state index contributed by atoms with van der Waals surface area (Å²) >= 11 is 0. The fraction of sp³-hybridized carbons (Fsp3) is 0.588. The molecule has 3 rings (SSSR count). The van der Waals surface area contributed by atoms with Crippen LogP contribution in [-0.2, 0) is 11.3 Å². The molecule has 23 heavy (non-hydrogen) atoms. The second-order valence-corrected chi connectivity index (χ2v) is 6.55. The van der Waals surface area contributed by atoms with Crippen LogP contribution in [0.1, 0.15) is 18.4 Å². The van der Waals surface area contributed by atoms with E-state index in [9.17, 15) is 9.18 Å². The van der Waals surface area contributed by atoms with Gasteiger partial charge in [-0.05, 0) is 30.5 Å². The van der Waals surface area contributed by atoms with E-state index in [1.54, 1.807) is 26.2 Å². The lowest BCUT2D eigenvalue weighted by Crippen LogP contribution is -2.50. The Morgan fingerprint density at radius 3 is 3.04 bits per heavy atom. The molecule has 1 N–H and O–H groups in total. The number of hydrogen-bond acceptors (Lipinski definition) is 3. The molecule has 6 heteroatoms. The Morgan fingerprint density at radius 1 is 1.48 bits per heavy atom. The van der Waals surface area contributed by atoms with Gasteiger partial charge in [-0.2, -0.15) is 0 Å². The molecule has 1 aromatic rings. The Hall–Kier alpha value is -1.66. The SMILES string of the molecule is CN(C)C(=O)N[C@@H]1CN(Cc2cccc(F)c2)[C@H]2CCCO[C@@H]12. The zero-order chi connectivity index (χ0) is 16.4. The van der Waals surface area contributed by atoms with Crippen LogP contribution in [0.2, 0.25) is 0 Å². The minimum absolute atomic E-state index is 0.0150. The monoisotopic (exact) mass is 321 g/mol. The van der Waals surface area contributed by atoms with Crippen molar-refractivity contribution in [3.63, 3.8) is 0 Å². The largest absolute Gasteiger partial charge is 0.374 e. The van der Waals surface area contributed by atoms with Crippen LogP contribution in [0.25, 0.3) is 0 Å². The maximum Gasteiger partial charge on any atom is 0.317 e. The van der Waals surface area contributed by atoms with Gasteiger partial charge < -0.3 is 15.0 Å². The minimum Gasteiger partial charge on any atom is -0.374 e. The van der Waals surface area contributed by atoms with E-state index in [1.165, 1.54) is 11.0 Å². The number of fused-ring (bicyclic) bond motifs is 1. The first-order chi connectivity index (χ1) is 11.0. The van der Waals surface area contributed by atoms with E-state index in [0.717, 1.165) is 31.6 Å². The van der Waals surface area contributed by atoms with Gasteiger partial charge >= 0.3 is 6.03 Å². The van der Waals surface area contributed by atoms with Crippen molar-refractivity contribution in [3.05, 3.63) is 35.6 Å². The van der Waals surface area contributed by atoms with E-state index in [4.69, 9.17) is 4.74 Å². The lowest BCUT2D eigenvalue weighted by Gasteiger charge is -2.32. The third kappa shape index (κ3) is 3.64. The molecule has 0 spiro atoms. The Bertz CT molecular complexity index is 567. The van der Waals surface area contributed by atoms with Crippen LogP contribution in [-0.4, -0.2) is 61.3 Å². The van der Waals surface area contributed by atoms with E-state index in [-0.39, 0.29) is 30.0 Å². The highest BCUT2D eigenvalue weighted by molar-refractivity contribution is 5.74. The summed E-state index contributed by atoms with van der Waals surface area (Å²) in [6.07, 6.45) is 2.09. The van der Waals surface area contributed by atoms with Gasteiger partial charge in [0.2, 0.25) is 0 Å². The third-order valence-corrected chi connectivity index (χ3v) is 4.62. The molecule has 0 bridgehead atoms. The maximum absolute atomic E-state index is 13.4. The predicted octanol–water partition coefficient (Wildman–Crippen LogP) is 1.83. The Balaban J connectivity index is 1.72. The van der Waals surface area contributed by atoms with Crippen LogP contribution in [0.3, 0.4) is 0 Å². The van der Waals surface area contributed by atoms with Crippen molar-refractivity contribution in [2.75, 3.05) is 27.2 Å². The average molecular weight is 321 g/mol. The lowest BCUT2D eigenvalue weighted by atomic mass is 10.0. The molecule has 0 unspecified atom stereocenters.